The van der Waals surface area contributed by atoms with Crippen molar-refractivity contribution in [1.29, 1.82) is 0 Å². The number of hydrogen-bond acceptors (Lipinski definition) is 6. The van der Waals surface area contributed by atoms with Gasteiger partial charge in [0.05, 0.1) is 12.8 Å². The number of aromatic nitrogens is 4. The normalized spacial score (nSPS) is 18.0. The van der Waals surface area contributed by atoms with Crippen molar-refractivity contribution in [2.45, 2.75) is 56.1 Å². The first-order valence-corrected chi connectivity index (χ1v) is 10.9. The largest absolute Gasteiger partial charge is 0.468 e. The molecule has 7 heteroatoms. The van der Waals surface area contributed by atoms with E-state index in [1.54, 1.807) is 24.2 Å². The second-order valence-corrected chi connectivity index (χ2v) is 8.55. The van der Waals surface area contributed by atoms with E-state index in [9.17, 15) is 0 Å². The molecule has 0 spiro atoms. The Kier molecular flexibility index (Phi) is 6.12. The van der Waals surface area contributed by atoms with Crippen LogP contribution >= 0.6 is 11.8 Å². The number of furan rings is 1. The maximum atomic E-state index is 5.53. The molecule has 0 aromatic carbocycles. The Balaban J connectivity index is 1.48. The van der Waals surface area contributed by atoms with Crippen molar-refractivity contribution in [3.05, 3.63) is 60.1 Å². The minimum atomic E-state index is 0.335. The summed E-state index contributed by atoms with van der Waals surface area (Å²) < 4.78 is 7.86. The number of rotatable bonds is 7. The number of piperidine rings is 1. The monoisotopic (exact) mass is 397 g/mol. The first kappa shape index (κ1) is 19.2. The van der Waals surface area contributed by atoms with E-state index >= 15 is 0 Å². The third-order valence-corrected chi connectivity index (χ3v) is 6.14. The molecule has 1 aliphatic heterocycles. The molecule has 1 fully saturated rings. The molecule has 0 N–H and O–H groups in total. The van der Waals surface area contributed by atoms with Gasteiger partial charge in [0.2, 0.25) is 0 Å². The first-order valence-electron chi connectivity index (χ1n) is 9.92. The predicted molar refractivity (Wildman–Crippen MR) is 110 cm³/mol. The Hall–Kier alpha value is -2.12. The summed E-state index contributed by atoms with van der Waals surface area (Å²) in [5.41, 5.74) is 1.20. The Labute approximate surface area is 170 Å². The summed E-state index contributed by atoms with van der Waals surface area (Å²) in [7, 11) is 0. The van der Waals surface area contributed by atoms with Gasteiger partial charge in [0.1, 0.15) is 11.6 Å². The highest BCUT2D eigenvalue weighted by atomic mass is 32.2. The molecule has 4 heterocycles. The zero-order chi connectivity index (χ0) is 19.3. The predicted octanol–water partition coefficient (Wildman–Crippen LogP) is 4.52. The maximum absolute atomic E-state index is 5.53. The molecule has 0 radical (unpaired) electrons. The van der Waals surface area contributed by atoms with Gasteiger partial charge in [-0.2, -0.15) is 0 Å². The molecule has 0 unspecified atom stereocenters. The standard InChI is InChI=1S/C21H27N5OS/c1-16(2)26-20(23-24-21(26)28-15-17-6-3-9-22-12-17)18-7-4-10-25(13-18)14-19-8-5-11-27-19/h3,5-6,8-9,11-12,16,18H,4,7,10,13-15H2,1-2H3/t18-/m1/s1. The molecule has 0 saturated carbocycles. The van der Waals surface area contributed by atoms with E-state index in [2.05, 4.69) is 44.6 Å². The van der Waals surface area contributed by atoms with E-state index in [0.717, 1.165) is 48.5 Å². The van der Waals surface area contributed by atoms with Crippen LogP contribution in [0.1, 0.15) is 55.8 Å². The van der Waals surface area contributed by atoms with Crippen LogP contribution in [-0.4, -0.2) is 37.7 Å². The summed E-state index contributed by atoms with van der Waals surface area (Å²) >= 11 is 1.74. The molecule has 3 aromatic heterocycles. The fourth-order valence-corrected chi connectivity index (χ4v) is 4.82. The molecule has 0 aliphatic carbocycles. The molecule has 28 heavy (non-hydrogen) atoms. The minimum absolute atomic E-state index is 0.335. The average Bonchev–Trinajstić information content (AvgIpc) is 3.37. The molecule has 1 aliphatic rings. The van der Waals surface area contributed by atoms with Gasteiger partial charge in [-0.1, -0.05) is 17.8 Å². The molecule has 1 atom stereocenters. The van der Waals surface area contributed by atoms with E-state index < -0.39 is 0 Å². The van der Waals surface area contributed by atoms with E-state index in [0.29, 0.717) is 12.0 Å². The lowest BCUT2D eigenvalue weighted by Crippen LogP contribution is -2.35. The lowest BCUT2D eigenvalue weighted by Gasteiger charge is -2.32. The van der Waals surface area contributed by atoms with Gasteiger partial charge in [-0.25, -0.2) is 0 Å². The zero-order valence-electron chi connectivity index (χ0n) is 16.5. The minimum Gasteiger partial charge on any atom is -0.468 e. The van der Waals surface area contributed by atoms with Gasteiger partial charge < -0.3 is 8.98 Å². The van der Waals surface area contributed by atoms with E-state index in [-0.39, 0.29) is 0 Å². The Morgan fingerprint density at radius 3 is 2.93 bits per heavy atom. The highest BCUT2D eigenvalue weighted by molar-refractivity contribution is 7.98. The number of thioether (sulfide) groups is 1. The number of nitrogens with zero attached hydrogens (tertiary/aromatic N) is 5. The molecule has 4 rings (SSSR count). The fraction of sp³-hybridized carbons (Fsp3) is 0.476. The van der Waals surface area contributed by atoms with Gasteiger partial charge in [-0.05, 0) is 57.0 Å². The van der Waals surface area contributed by atoms with Crippen molar-refractivity contribution < 1.29 is 4.42 Å². The van der Waals surface area contributed by atoms with Crippen LogP contribution in [0.5, 0.6) is 0 Å². The quantitative estimate of drug-likeness (QED) is 0.546. The van der Waals surface area contributed by atoms with Gasteiger partial charge in [-0.3, -0.25) is 9.88 Å². The van der Waals surface area contributed by atoms with E-state index in [4.69, 9.17) is 4.42 Å². The summed E-state index contributed by atoms with van der Waals surface area (Å²) in [4.78, 5) is 6.67. The Morgan fingerprint density at radius 2 is 2.18 bits per heavy atom. The smallest absolute Gasteiger partial charge is 0.191 e. The van der Waals surface area contributed by atoms with Crippen LogP contribution in [0, 0.1) is 0 Å². The lowest BCUT2D eigenvalue weighted by molar-refractivity contribution is 0.181. The number of pyridine rings is 1. The summed E-state index contributed by atoms with van der Waals surface area (Å²) in [5, 5.41) is 10.2. The number of hydrogen-bond donors (Lipinski definition) is 0. The molecule has 6 nitrogen and oxygen atoms in total. The second-order valence-electron chi connectivity index (χ2n) is 7.61. The zero-order valence-corrected chi connectivity index (χ0v) is 17.3. The fourth-order valence-electron chi connectivity index (χ4n) is 3.81. The number of likely N-dealkylation sites (tertiary alicyclic amines) is 1. The third kappa shape index (κ3) is 4.47. The summed E-state index contributed by atoms with van der Waals surface area (Å²) in [6.45, 7) is 7.39. The van der Waals surface area contributed by atoms with E-state index in [1.165, 1.54) is 12.0 Å². The van der Waals surface area contributed by atoms with Gasteiger partial charge in [0.15, 0.2) is 5.16 Å². The van der Waals surface area contributed by atoms with Crippen LogP contribution in [0.4, 0.5) is 0 Å². The van der Waals surface area contributed by atoms with Crippen LogP contribution in [0.25, 0.3) is 0 Å². The van der Waals surface area contributed by atoms with Crippen LogP contribution < -0.4 is 0 Å². The molecular weight excluding hydrogens is 370 g/mol. The highest BCUT2D eigenvalue weighted by Gasteiger charge is 2.28. The summed E-state index contributed by atoms with van der Waals surface area (Å²) in [6.07, 6.45) is 7.80. The molecule has 0 bridgehead atoms. The van der Waals surface area contributed by atoms with Gasteiger partial charge in [0.25, 0.3) is 0 Å². The van der Waals surface area contributed by atoms with Crippen molar-refractivity contribution in [3.8, 4) is 0 Å². The first-order chi connectivity index (χ1) is 13.7. The van der Waals surface area contributed by atoms with Crippen molar-refractivity contribution in [2.24, 2.45) is 0 Å². The molecular formula is C21H27N5OS. The topological polar surface area (TPSA) is 60.0 Å². The molecule has 0 amide bonds. The van der Waals surface area contributed by atoms with Gasteiger partial charge >= 0.3 is 0 Å². The van der Waals surface area contributed by atoms with Crippen LogP contribution in [0.2, 0.25) is 0 Å². The second kappa shape index (κ2) is 8.92. The highest BCUT2D eigenvalue weighted by Crippen LogP contribution is 2.32. The summed E-state index contributed by atoms with van der Waals surface area (Å²) in [6, 6.07) is 8.42. The van der Waals surface area contributed by atoms with Crippen molar-refractivity contribution in [2.75, 3.05) is 13.1 Å². The van der Waals surface area contributed by atoms with Crippen molar-refractivity contribution >= 4 is 11.8 Å². The average molecular weight is 398 g/mol. The lowest BCUT2D eigenvalue weighted by atomic mass is 9.97. The molecule has 3 aromatic rings. The third-order valence-electron chi connectivity index (χ3n) is 5.13. The Bertz CT molecular complexity index is 862. The van der Waals surface area contributed by atoms with Gasteiger partial charge in [-0.15, -0.1) is 10.2 Å². The molecule has 148 valence electrons. The van der Waals surface area contributed by atoms with E-state index in [1.807, 2.05) is 24.4 Å². The summed E-state index contributed by atoms with van der Waals surface area (Å²) in [5.74, 6) is 3.41. The van der Waals surface area contributed by atoms with Crippen LogP contribution in [0.3, 0.4) is 0 Å². The van der Waals surface area contributed by atoms with Crippen LogP contribution in [0.15, 0.2) is 52.5 Å². The molecule has 1 saturated heterocycles. The van der Waals surface area contributed by atoms with Crippen molar-refractivity contribution in [1.82, 2.24) is 24.6 Å². The van der Waals surface area contributed by atoms with Crippen LogP contribution in [-0.2, 0) is 12.3 Å². The maximum Gasteiger partial charge on any atom is 0.191 e. The van der Waals surface area contributed by atoms with Crippen molar-refractivity contribution in [3.63, 3.8) is 0 Å². The van der Waals surface area contributed by atoms with Gasteiger partial charge in [0, 0.05) is 36.7 Å². The SMILES string of the molecule is CC(C)n1c(SCc2cccnc2)nnc1[C@@H]1CCCN(Cc2ccco2)C1. The Morgan fingerprint density at radius 1 is 1.25 bits per heavy atom.